The summed E-state index contributed by atoms with van der Waals surface area (Å²) in [4.78, 5) is 46.4. The van der Waals surface area contributed by atoms with Gasteiger partial charge in [0.2, 0.25) is 11.8 Å². The van der Waals surface area contributed by atoms with Crippen molar-refractivity contribution in [3.63, 3.8) is 0 Å². The standard InChI is InChI=1S/C25H46N2O7/c1-3-5-6-7-8-9-13-17-24(31)34-20(14-4-2)15-11-10-12-16-22(29)26-18-23(30)27-21(19-28)25(32)33/h20-21,28H,3-19H2,1-2H3,(H,26,29)(H,27,30)(H,32,33). The van der Waals surface area contributed by atoms with Crippen molar-refractivity contribution < 1.29 is 34.1 Å². The van der Waals surface area contributed by atoms with Crippen molar-refractivity contribution >= 4 is 23.8 Å². The quantitative estimate of drug-likeness (QED) is 0.136. The van der Waals surface area contributed by atoms with Gasteiger partial charge >= 0.3 is 11.9 Å². The van der Waals surface area contributed by atoms with Crippen molar-refractivity contribution in [2.24, 2.45) is 0 Å². The highest BCUT2D eigenvalue weighted by Gasteiger charge is 2.18. The smallest absolute Gasteiger partial charge is 0.328 e. The van der Waals surface area contributed by atoms with Crippen molar-refractivity contribution in [1.29, 1.82) is 0 Å². The molecule has 0 saturated heterocycles. The van der Waals surface area contributed by atoms with Crippen LogP contribution < -0.4 is 10.6 Å². The molecule has 0 bridgehead atoms. The molecule has 2 atom stereocenters. The minimum Gasteiger partial charge on any atom is -0.480 e. The maximum atomic E-state index is 12.1. The largest absolute Gasteiger partial charge is 0.480 e. The summed E-state index contributed by atoms with van der Waals surface area (Å²) in [7, 11) is 0. The Balaban J connectivity index is 3.94. The average Bonchev–Trinajstić information content (AvgIpc) is 2.80. The van der Waals surface area contributed by atoms with E-state index in [-0.39, 0.29) is 30.9 Å². The van der Waals surface area contributed by atoms with E-state index in [1.54, 1.807) is 0 Å². The van der Waals surface area contributed by atoms with Gasteiger partial charge in [0.25, 0.3) is 0 Å². The SMILES string of the molecule is CCCCCCCCCC(=O)OC(CCC)CCCCCC(=O)NCC(=O)NC(CO)C(=O)O. The Kier molecular flexibility index (Phi) is 20.0. The first-order valence-electron chi connectivity index (χ1n) is 12.9. The third-order valence-electron chi connectivity index (χ3n) is 5.59. The molecule has 0 radical (unpaired) electrons. The highest BCUT2D eigenvalue weighted by molar-refractivity contribution is 5.87. The third-order valence-corrected chi connectivity index (χ3v) is 5.59. The lowest BCUT2D eigenvalue weighted by Gasteiger charge is -2.17. The normalized spacial score (nSPS) is 12.6. The summed E-state index contributed by atoms with van der Waals surface area (Å²) in [6, 6.07) is -1.38. The number of aliphatic hydroxyl groups excluding tert-OH is 1. The molecular weight excluding hydrogens is 440 g/mol. The van der Waals surface area contributed by atoms with E-state index in [1.165, 1.54) is 32.1 Å². The number of carboxylic acid groups (broad SMARTS) is 1. The van der Waals surface area contributed by atoms with Crippen LogP contribution in [0.4, 0.5) is 0 Å². The Morgan fingerprint density at radius 3 is 2.00 bits per heavy atom. The van der Waals surface area contributed by atoms with E-state index in [9.17, 15) is 19.2 Å². The van der Waals surface area contributed by atoms with Gasteiger partial charge in [-0.15, -0.1) is 0 Å². The number of esters is 1. The monoisotopic (exact) mass is 486 g/mol. The zero-order valence-corrected chi connectivity index (χ0v) is 21.1. The van der Waals surface area contributed by atoms with Crippen molar-refractivity contribution in [3.8, 4) is 0 Å². The fraction of sp³-hybridized carbons (Fsp3) is 0.840. The van der Waals surface area contributed by atoms with Crippen LogP contribution in [0.3, 0.4) is 0 Å². The Bertz CT molecular complexity index is 584. The van der Waals surface area contributed by atoms with Crippen LogP contribution in [0.5, 0.6) is 0 Å². The summed E-state index contributed by atoms with van der Waals surface area (Å²) < 4.78 is 5.66. The fourth-order valence-corrected chi connectivity index (χ4v) is 3.59. The number of nitrogens with one attached hydrogen (secondary N) is 2. The Morgan fingerprint density at radius 2 is 1.38 bits per heavy atom. The molecule has 9 heteroatoms. The van der Waals surface area contributed by atoms with Gasteiger partial charge in [0.1, 0.15) is 12.1 Å². The molecule has 0 aliphatic heterocycles. The number of aliphatic hydroxyl groups is 1. The van der Waals surface area contributed by atoms with Crippen LogP contribution in [0.25, 0.3) is 0 Å². The van der Waals surface area contributed by atoms with Crippen LogP contribution in [0.1, 0.15) is 110 Å². The van der Waals surface area contributed by atoms with Crippen LogP contribution in [0, 0.1) is 0 Å². The van der Waals surface area contributed by atoms with Crippen LogP contribution in [-0.2, 0) is 23.9 Å². The predicted octanol–water partition coefficient (Wildman–Crippen LogP) is 3.47. The van der Waals surface area contributed by atoms with E-state index < -0.39 is 24.5 Å². The predicted molar refractivity (Wildman–Crippen MR) is 130 cm³/mol. The summed E-state index contributed by atoms with van der Waals surface area (Å²) in [5.41, 5.74) is 0. The zero-order chi connectivity index (χ0) is 25.6. The molecule has 0 rings (SSSR count). The molecule has 2 unspecified atom stereocenters. The number of aliphatic carboxylic acids is 1. The molecule has 198 valence electrons. The van der Waals surface area contributed by atoms with Crippen LogP contribution >= 0.6 is 0 Å². The summed E-state index contributed by atoms with van der Waals surface area (Å²) in [6.45, 7) is 3.21. The van der Waals surface area contributed by atoms with Gasteiger partial charge < -0.3 is 25.6 Å². The highest BCUT2D eigenvalue weighted by Crippen LogP contribution is 2.15. The topological polar surface area (TPSA) is 142 Å². The molecule has 0 aromatic heterocycles. The van der Waals surface area contributed by atoms with Gasteiger partial charge in [-0.25, -0.2) is 4.79 Å². The molecule has 0 fully saturated rings. The Labute approximate surface area is 204 Å². The number of hydrogen-bond acceptors (Lipinski definition) is 6. The maximum absolute atomic E-state index is 12.1. The maximum Gasteiger partial charge on any atom is 0.328 e. The minimum absolute atomic E-state index is 0.0757. The number of unbranched alkanes of at least 4 members (excludes halogenated alkanes) is 8. The Hall–Kier alpha value is -2.16. The van der Waals surface area contributed by atoms with Crippen LogP contribution in [0.2, 0.25) is 0 Å². The first-order valence-corrected chi connectivity index (χ1v) is 12.9. The van der Waals surface area contributed by atoms with Gasteiger partial charge in [0.05, 0.1) is 13.2 Å². The Morgan fingerprint density at radius 1 is 0.765 bits per heavy atom. The van der Waals surface area contributed by atoms with Gasteiger partial charge in [0.15, 0.2) is 0 Å². The lowest BCUT2D eigenvalue weighted by atomic mass is 10.0. The molecule has 0 spiro atoms. The van der Waals surface area contributed by atoms with E-state index in [1.807, 2.05) is 0 Å². The van der Waals surface area contributed by atoms with E-state index in [0.29, 0.717) is 12.8 Å². The van der Waals surface area contributed by atoms with Gasteiger partial charge in [0, 0.05) is 12.8 Å². The molecule has 0 aromatic carbocycles. The number of carbonyl (C=O) groups excluding carboxylic acids is 3. The van der Waals surface area contributed by atoms with Crippen molar-refractivity contribution in [2.75, 3.05) is 13.2 Å². The van der Waals surface area contributed by atoms with Crippen molar-refractivity contribution in [2.45, 2.75) is 122 Å². The second-order valence-electron chi connectivity index (χ2n) is 8.79. The molecule has 0 aromatic rings. The molecule has 0 aliphatic rings. The summed E-state index contributed by atoms with van der Waals surface area (Å²) in [5.74, 6) is -2.42. The van der Waals surface area contributed by atoms with Crippen LogP contribution in [-0.4, -0.2) is 59.3 Å². The van der Waals surface area contributed by atoms with Gasteiger partial charge in [-0.1, -0.05) is 65.2 Å². The summed E-state index contributed by atoms with van der Waals surface area (Å²) in [5, 5.41) is 22.2. The number of rotatable bonds is 22. The van der Waals surface area contributed by atoms with E-state index in [2.05, 4.69) is 24.5 Å². The average molecular weight is 487 g/mol. The summed E-state index contributed by atoms with van der Waals surface area (Å²) >= 11 is 0. The summed E-state index contributed by atoms with van der Waals surface area (Å²) in [6.07, 6.45) is 13.7. The van der Waals surface area contributed by atoms with E-state index >= 15 is 0 Å². The van der Waals surface area contributed by atoms with Crippen molar-refractivity contribution in [1.82, 2.24) is 10.6 Å². The van der Waals surface area contributed by atoms with E-state index in [0.717, 1.165) is 44.9 Å². The van der Waals surface area contributed by atoms with Crippen molar-refractivity contribution in [3.05, 3.63) is 0 Å². The number of carbonyl (C=O) groups is 4. The lowest BCUT2D eigenvalue weighted by molar-refractivity contribution is -0.150. The molecule has 2 amide bonds. The first-order chi connectivity index (χ1) is 16.3. The van der Waals surface area contributed by atoms with Gasteiger partial charge in [-0.2, -0.15) is 0 Å². The zero-order valence-electron chi connectivity index (χ0n) is 21.1. The highest BCUT2D eigenvalue weighted by atomic mass is 16.5. The lowest BCUT2D eigenvalue weighted by Crippen LogP contribution is -2.47. The number of hydrogen-bond donors (Lipinski definition) is 4. The molecule has 4 N–H and O–H groups in total. The fourth-order valence-electron chi connectivity index (χ4n) is 3.59. The molecule has 9 nitrogen and oxygen atoms in total. The third kappa shape index (κ3) is 18.3. The van der Waals surface area contributed by atoms with Gasteiger partial charge in [-0.05, 0) is 32.1 Å². The second-order valence-corrected chi connectivity index (χ2v) is 8.79. The molecule has 0 saturated carbocycles. The first kappa shape index (κ1) is 31.8. The molecule has 0 aliphatic carbocycles. The molecule has 34 heavy (non-hydrogen) atoms. The minimum atomic E-state index is -1.38. The molecular formula is C25H46N2O7. The number of amides is 2. The number of ether oxygens (including phenoxy) is 1. The number of carboxylic acids is 1. The second kappa shape index (κ2) is 21.4. The van der Waals surface area contributed by atoms with E-state index in [4.69, 9.17) is 14.9 Å². The molecule has 0 heterocycles. The van der Waals surface area contributed by atoms with Gasteiger partial charge in [-0.3, -0.25) is 14.4 Å². The van der Waals surface area contributed by atoms with Crippen LogP contribution in [0.15, 0.2) is 0 Å².